The molecule has 2 aromatic carbocycles. The minimum absolute atomic E-state index is 0.288. The standard InChI is InChI=1S/C25H21F4N5/c1-16-18(13-31-34(16)22-8-6-21(26)7-9-22)14-33-11-10-23-19(15-33)12-30-24(32-23)17-2-4-20(5-3-17)25(27,28)29/h2-9,12-13H,10-11,14-15H2,1H3. The van der Waals surface area contributed by atoms with Crippen LogP contribution >= 0.6 is 0 Å². The van der Waals surface area contributed by atoms with Crippen molar-refractivity contribution in [3.05, 3.63) is 94.8 Å². The topological polar surface area (TPSA) is 46.8 Å². The van der Waals surface area contributed by atoms with Gasteiger partial charge in [0.2, 0.25) is 0 Å². The zero-order chi connectivity index (χ0) is 23.9. The van der Waals surface area contributed by atoms with Crippen LogP contribution in [0.1, 0.15) is 28.1 Å². The van der Waals surface area contributed by atoms with E-state index >= 15 is 0 Å². The molecule has 0 spiro atoms. The fourth-order valence-electron chi connectivity index (χ4n) is 4.14. The van der Waals surface area contributed by atoms with Crippen molar-refractivity contribution in [3.63, 3.8) is 0 Å². The van der Waals surface area contributed by atoms with Gasteiger partial charge in [0.25, 0.3) is 0 Å². The molecule has 5 rings (SSSR count). The first-order valence-corrected chi connectivity index (χ1v) is 10.8. The lowest BCUT2D eigenvalue weighted by atomic mass is 10.1. The second-order valence-corrected chi connectivity index (χ2v) is 8.34. The Morgan fingerprint density at radius 1 is 0.971 bits per heavy atom. The van der Waals surface area contributed by atoms with Crippen LogP contribution in [-0.2, 0) is 25.7 Å². The number of aromatic nitrogens is 4. The van der Waals surface area contributed by atoms with Crippen molar-refractivity contribution < 1.29 is 17.6 Å². The Labute approximate surface area is 193 Å². The Morgan fingerprint density at radius 2 is 1.71 bits per heavy atom. The quantitative estimate of drug-likeness (QED) is 0.380. The molecule has 0 bridgehead atoms. The first-order valence-electron chi connectivity index (χ1n) is 10.8. The molecule has 9 heteroatoms. The Hall–Kier alpha value is -3.59. The molecule has 3 heterocycles. The van der Waals surface area contributed by atoms with Gasteiger partial charge in [-0.05, 0) is 43.3 Å². The van der Waals surface area contributed by atoms with Crippen LogP contribution in [0.15, 0.2) is 60.9 Å². The average Bonchev–Trinajstić information content (AvgIpc) is 3.18. The molecule has 2 aromatic heterocycles. The van der Waals surface area contributed by atoms with E-state index in [0.717, 1.165) is 53.3 Å². The lowest BCUT2D eigenvalue weighted by Gasteiger charge is -2.28. The maximum Gasteiger partial charge on any atom is 0.416 e. The molecule has 0 aliphatic carbocycles. The Balaban J connectivity index is 1.29. The first kappa shape index (κ1) is 22.2. The molecule has 0 atom stereocenters. The summed E-state index contributed by atoms with van der Waals surface area (Å²) < 4.78 is 53.5. The fraction of sp³-hybridized carbons (Fsp3) is 0.240. The zero-order valence-corrected chi connectivity index (χ0v) is 18.3. The minimum atomic E-state index is -4.37. The summed E-state index contributed by atoms with van der Waals surface area (Å²) in [5.41, 5.74) is 4.66. The lowest BCUT2D eigenvalue weighted by Crippen LogP contribution is -2.31. The molecular formula is C25H21F4N5. The third kappa shape index (κ3) is 4.43. The summed E-state index contributed by atoms with van der Waals surface area (Å²) in [6.07, 6.45) is -0.0576. The summed E-state index contributed by atoms with van der Waals surface area (Å²) in [7, 11) is 0. The van der Waals surface area contributed by atoms with Gasteiger partial charge in [0.15, 0.2) is 5.82 Å². The summed E-state index contributed by atoms with van der Waals surface area (Å²) in [5.74, 6) is 0.141. The number of fused-ring (bicyclic) bond motifs is 1. The number of alkyl halides is 3. The number of nitrogens with zero attached hydrogens (tertiary/aromatic N) is 5. The summed E-state index contributed by atoms with van der Waals surface area (Å²) in [6, 6.07) is 11.1. The highest BCUT2D eigenvalue weighted by Gasteiger charge is 2.30. The predicted molar refractivity (Wildman–Crippen MR) is 119 cm³/mol. The van der Waals surface area contributed by atoms with Crippen LogP contribution in [0, 0.1) is 12.7 Å². The zero-order valence-electron chi connectivity index (χ0n) is 18.3. The number of halogens is 4. The summed E-state index contributed by atoms with van der Waals surface area (Å²) in [4.78, 5) is 11.3. The highest BCUT2D eigenvalue weighted by molar-refractivity contribution is 5.56. The van der Waals surface area contributed by atoms with Crippen molar-refractivity contribution >= 4 is 0 Å². The van der Waals surface area contributed by atoms with Gasteiger partial charge in [-0.1, -0.05) is 12.1 Å². The largest absolute Gasteiger partial charge is 0.416 e. The lowest BCUT2D eigenvalue weighted by molar-refractivity contribution is -0.137. The van der Waals surface area contributed by atoms with Gasteiger partial charge in [-0.3, -0.25) is 4.90 Å². The summed E-state index contributed by atoms with van der Waals surface area (Å²) in [6.45, 7) is 4.15. The predicted octanol–water partition coefficient (Wildman–Crippen LogP) is 5.35. The molecule has 5 nitrogen and oxygen atoms in total. The average molecular weight is 467 g/mol. The number of benzene rings is 2. The fourth-order valence-corrected chi connectivity index (χ4v) is 4.14. The molecule has 0 fully saturated rings. The van der Waals surface area contributed by atoms with Crippen LogP contribution < -0.4 is 0 Å². The molecule has 0 saturated carbocycles. The van der Waals surface area contributed by atoms with Crippen molar-refractivity contribution in [1.29, 1.82) is 0 Å². The second-order valence-electron chi connectivity index (χ2n) is 8.34. The molecule has 0 unspecified atom stereocenters. The van der Waals surface area contributed by atoms with Crippen molar-refractivity contribution in [2.75, 3.05) is 6.54 Å². The summed E-state index contributed by atoms with van der Waals surface area (Å²) >= 11 is 0. The molecular weight excluding hydrogens is 446 g/mol. The maximum atomic E-state index is 13.2. The van der Waals surface area contributed by atoms with E-state index < -0.39 is 11.7 Å². The van der Waals surface area contributed by atoms with Crippen LogP contribution in [0.2, 0.25) is 0 Å². The minimum Gasteiger partial charge on any atom is -0.294 e. The molecule has 0 N–H and O–H groups in total. The normalized spacial score (nSPS) is 14.3. The monoisotopic (exact) mass is 467 g/mol. The van der Waals surface area contributed by atoms with Crippen molar-refractivity contribution in [3.8, 4) is 17.1 Å². The van der Waals surface area contributed by atoms with Gasteiger partial charge in [-0.25, -0.2) is 19.0 Å². The molecule has 1 aliphatic heterocycles. The van der Waals surface area contributed by atoms with Gasteiger partial charge in [0.1, 0.15) is 5.82 Å². The molecule has 174 valence electrons. The van der Waals surface area contributed by atoms with Gasteiger partial charge >= 0.3 is 6.18 Å². The Bertz CT molecular complexity index is 1310. The van der Waals surface area contributed by atoms with Crippen molar-refractivity contribution in [1.82, 2.24) is 24.6 Å². The van der Waals surface area contributed by atoms with E-state index in [4.69, 9.17) is 0 Å². The van der Waals surface area contributed by atoms with Crippen LogP contribution in [-0.4, -0.2) is 31.2 Å². The van der Waals surface area contributed by atoms with Gasteiger partial charge in [0.05, 0.1) is 23.1 Å². The van der Waals surface area contributed by atoms with E-state index in [-0.39, 0.29) is 5.82 Å². The van der Waals surface area contributed by atoms with Gasteiger partial charge < -0.3 is 0 Å². The molecule has 34 heavy (non-hydrogen) atoms. The smallest absolute Gasteiger partial charge is 0.294 e. The van der Waals surface area contributed by atoms with E-state index in [9.17, 15) is 17.6 Å². The second kappa shape index (κ2) is 8.64. The third-order valence-electron chi connectivity index (χ3n) is 6.06. The van der Waals surface area contributed by atoms with Gasteiger partial charge in [-0.15, -0.1) is 0 Å². The van der Waals surface area contributed by atoms with E-state index in [1.165, 1.54) is 24.3 Å². The number of hydrogen-bond donors (Lipinski definition) is 0. The number of hydrogen-bond acceptors (Lipinski definition) is 4. The van der Waals surface area contributed by atoms with Gasteiger partial charge in [0, 0.05) is 54.6 Å². The molecule has 4 aromatic rings. The van der Waals surface area contributed by atoms with E-state index in [1.807, 2.05) is 13.1 Å². The number of rotatable bonds is 4. The van der Waals surface area contributed by atoms with E-state index in [2.05, 4.69) is 20.0 Å². The van der Waals surface area contributed by atoms with Crippen molar-refractivity contribution in [2.24, 2.45) is 0 Å². The maximum absolute atomic E-state index is 13.2. The molecule has 0 radical (unpaired) electrons. The SMILES string of the molecule is Cc1c(CN2CCc3nc(-c4ccc(C(F)(F)F)cc4)ncc3C2)cnn1-c1ccc(F)cc1. The first-order chi connectivity index (χ1) is 16.3. The Morgan fingerprint density at radius 3 is 2.41 bits per heavy atom. The van der Waals surface area contributed by atoms with Crippen LogP contribution in [0.4, 0.5) is 17.6 Å². The third-order valence-corrected chi connectivity index (χ3v) is 6.06. The summed E-state index contributed by atoms with van der Waals surface area (Å²) in [5, 5.41) is 4.46. The molecule has 0 saturated heterocycles. The van der Waals surface area contributed by atoms with Gasteiger partial charge in [-0.2, -0.15) is 18.3 Å². The molecule has 1 aliphatic rings. The van der Waals surface area contributed by atoms with E-state index in [0.29, 0.717) is 24.5 Å². The Kier molecular flexibility index (Phi) is 5.65. The van der Waals surface area contributed by atoms with E-state index in [1.54, 1.807) is 23.0 Å². The van der Waals surface area contributed by atoms with Crippen LogP contribution in [0.5, 0.6) is 0 Å². The highest BCUT2D eigenvalue weighted by atomic mass is 19.4. The highest BCUT2D eigenvalue weighted by Crippen LogP contribution is 2.31. The van der Waals surface area contributed by atoms with Crippen LogP contribution in [0.25, 0.3) is 17.1 Å². The van der Waals surface area contributed by atoms with Crippen LogP contribution in [0.3, 0.4) is 0 Å². The van der Waals surface area contributed by atoms with Crippen molar-refractivity contribution in [2.45, 2.75) is 32.6 Å². The molecule has 0 amide bonds.